The van der Waals surface area contributed by atoms with E-state index in [1.54, 1.807) is 0 Å². The second kappa shape index (κ2) is 3.57. The van der Waals surface area contributed by atoms with Crippen LogP contribution in [0.25, 0.3) is 0 Å². The second-order valence-electron chi connectivity index (χ2n) is 2.63. The van der Waals surface area contributed by atoms with Crippen molar-refractivity contribution in [3.8, 4) is 0 Å². The van der Waals surface area contributed by atoms with Crippen LogP contribution in [0.15, 0.2) is 5.16 Å². The Labute approximate surface area is 77.1 Å². The van der Waals surface area contributed by atoms with Gasteiger partial charge >= 0.3 is 6.18 Å². The number of halogens is 3. The van der Waals surface area contributed by atoms with E-state index in [2.05, 4.69) is 10.1 Å². The fraction of sp³-hybridized carbons (Fsp3) is 0.667. The van der Waals surface area contributed by atoms with Crippen molar-refractivity contribution < 1.29 is 13.2 Å². The lowest BCUT2D eigenvalue weighted by Gasteiger charge is -1.99. The quantitative estimate of drug-likeness (QED) is 0.763. The van der Waals surface area contributed by atoms with Crippen LogP contribution in [0.2, 0.25) is 0 Å². The summed E-state index contributed by atoms with van der Waals surface area (Å²) in [4.78, 5) is 3.29. The summed E-state index contributed by atoms with van der Waals surface area (Å²) >= 11 is 1.18. The van der Waals surface area contributed by atoms with Crippen LogP contribution < -0.4 is 0 Å². The minimum Gasteiger partial charge on any atom is -0.254 e. The molecule has 1 rings (SSSR count). The number of hydrogen-bond acceptors (Lipinski definition) is 3. The molecule has 0 aliphatic carbocycles. The summed E-state index contributed by atoms with van der Waals surface area (Å²) in [5.74, 6) is -1.05. The highest BCUT2D eigenvalue weighted by Gasteiger charge is 2.35. The number of alkyl halides is 3. The third-order valence-corrected chi connectivity index (χ3v) is 1.94. The normalized spacial score (nSPS) is 12.5. The Bertz CT molecular complexity index is 281. The van der Waals surface area contributed by atoms with Crippen LogP contribution in [-0.2, 0) is 6.18 Å². The van der Waals surface area contributed by atoms with Gasteiger partial charge < -0.3 is 0 Å². The second-order valence-corrected chi connectivity index (χ2v) is 4.17. The van der Waals surface area contributed by atoms with Crippen molar-refractivity contribution in [3.05, 3.63) is 5.82 Å². The Hall–Kier alpha value is -0.720. The molecule has 7 heteroatoms. The molecule has 0 saturated heterocycles. The molecule has 0 spiro atoms. The lowest BCUT2D eigenvalue weighted by Crippen LogP contribution is -2.07. The van der Waals surface area contributed by atoms with Crippen LogP contribution in [0, 0.1) is 0 Å². The lowest BCUT2D eigenvalue weighted by atomic mass is 10.6. The zero-order valence-electron chi connectivity index (χ0n) is 7.01. The summed E-state index contributed by atoms with van der Waals surface area (Å²) in [6.07, 6.45) is -4.44. The highest BCUT2D eigenvalue weighted by atomic mass is 32.2. The molecule has 74 valence electrons. The summed E-state index contributed by atoms with van der Waals surface area (Å²) in [6, 6.07) is 0. The molecule has 0 radical (unpaired) electrons. The lowest BCUT2D eigenvalue weighted by molar-refractivity contribution is -0.144. The van der Waals surface area contributed by atoms with E-state index in [0.29, 0.717) is 0 Å². The molecule has 1 N–H and O–H groups in total. The number of nitrogens with one attached hydrogen (secondary N) is 1. The largest absolute Gasteiger partial charge is 0.451 e. The van der Waals surface area contributed by atoms with E-state index >= 15 is 0 Å². The summed E-state index contributed by atoms with van der Waals surface area (Å²) in [6.45, 7) is 3.71. The van der Waals surface area contributed by atoms with Gasteiger partial charge in [0.25, 0.3) is 0 Å². The average Bonchev–Trinajstić information content (AvgIpc) is 2.32. The van der Waals surface area contributed by atoms with Gasteiger partial charge in [0, 0.05) is 5.25 Å². The van der Waals surface area contributed by atoms with Crippen LogP contribution in [-0.4, -0.2) is 20.4 Å². The Morgan fingerprint density at radius 2 is 2.00 bits per heavy atom. The number of thioether (sulfide) groups is 1. The molecule has 0 amide bonds. The molecule has 0 atom stereocenters. The number of H-pyrrole nitrogens is 1. The Morgan fingerprint density at radius 1 is 1.38 bits per heavy atom. The molecule has 13 heavy (non-hydrogen) atoms. The van der Waals surface area contributed by atoms with Gasteiger partial charge in [0.1, 0.15) is 0 Å². The minimum absolute atomic E-state index is 0.127. The zero-order valence-corrected chi connectivity index (χ0v) is 7.83. The molecular formula is C6H8F3N3S. The maximum absolute atomic E-state index is 12.0. The fourth-order valence-electron chi connectivity index (χ4n) is 0.637. The summed E-state index contributed by atoms with van der Waals surface area (Å²) < 4.78 is 36.0. The molecule has 0 aliphatic rings. The van der Waals surface area contributed by atoms with Crippen LogP contribution in [0.4, 0.5) is 13.2 Å². The van der Waals surface area contributed by atoms with Crippen LogP contribution >= 0.6 is 11.8 Å². The van der Waals surface area contributed by atoms with Gasteiger partial charge in [0.05, 0.1) is 0 Å². The summed E-state index contributed by atoms with van der Waals surface area (Å²) in [5.41, 5.74) is 0. The first-order chi connectivity index (χ1) is 5.89. The Balaban J connectivity index is 2.75. The van der Waals surface area contributed by atoms with Crippen LogP contribution in [0.5, 0.6) is 0 Å². The number of aromatic nitrogens is 3. The molecule has 0 aromatic carbocycles. The third kappa shape index (κ3) is 2.91. The number of rotatable bonds is 2. The van der Waals surface area contributed by atoms with E-state index in [0.717, 1.165) is 0 Å². The molecule has 0 aliphatic heterocycles. The summed E-state index contributed by atoms with van der Waals surface area (Å²) in [7, 11) is 0. The number of hydrogen-bond donors (Lipinski definition) is 1. The summed E-state index contributed by atoms with van der Waals surface area (Å²) in [5, 5.41) is 5.56. The van der Waals surface area contributed by atoms with Crippen molar-refractivity contribution in [1.82, 2.24) is 15.2 Å². The van der Waals surface area contributed by atoms with Gasteiger partial charge in [0.15, 0.2) is 0 Å². The van der Waals surface area contributed by atoms with E-state index in [9.17, 15) is 13.2 Å². The molecule has 1 aromatic rings. The van der Waals surface area contributed by atoms with Gasteiger partial charge in [-0.3, -0.25) is 5.10 Å². The van der Waals surface area contributed by atoms with Crippen molar-refractivity contribution in [2.75, 3.05) is 0 Å². The van der Waals surface area contributed by atoms with Gasteiger partial charge in [-0.15, -0.1) is 5.10 Å². The van der Waals surface area contributed by atoms with Crippen molar-refractivity contribution in [2.45, 2.75) is 30.4 Å². The zero-order chi connectivity index (χ0) is 10.1. The molecule has 0 bridgehead atoms. The maximum Gasteiger partial charge on any atom is 0.451 e. The van der Waals surface area contributed by atoms with Crippen molar-refractivity contribution in [1.29, 1.82) is 0 Å². The SMILES string of the molecule is CC(C)Sc1n[nH]c(C(F)(F)F)n1. The topological polar surface area (TPSA) is 41.6 Å². The Kier molecular flexibility index (Phi) is 2.84. The number of nitrogens with zero attached hydrogens (tertiary/aromatic N) is 2. The van der Waals surface area contributed by atoms with E-state index in [-0.39, 0.29) is 10.4 Å². The molecule has 3 nitrogen and oxygen atoms in total. The maximum atomic E-state index is 12.0. The monoisotopic (exact) mass is 211 g/mol. The third-order valence-electron chi connectivity index (χ3n) is 1.07. The van der Waals surface area contributed by atoms with Crippen molar-refractivity contribution in [3.63, 3.8) is 0 Å². The van der Waals surface area contributed by atoms with Crippen molar-refractivity contribution >= 4 is 11.8 Å². The van der Waals surface area contributed by atoms with Crippen molar-refractivity contribution in [2.24, 2.45) is 0 Å². The predicted molar refractivity (Wildman–Crippen MR) is 42.4 cm³/mol. The molecule has 0 unspecified atom stereocenters. The fourth-order valence-corrected chi connectivity index (χ4v) is 1.30. The van der Waals surface area contributed by atoms with E-state index in [1.807, 2.05) is 18.9 Å². The average molecular weight is 211 g/mol. The first-order valence-corrected chi connectivity index (χ1v) is 4.44. The molecule has 0 saturated carbocycles. The van der Waals surface area contributed by atoms with Gasteiger partial charge in [0.2, 0.25) is 11.0 Å². The molecule has 0 fully saturated rings. The van der Waals surface area contributed by atoms with Crippen LogP contribution in [0.1, 0.15) is 19.7 Å². The van der Waals surface area contributed by atoms with Gasteiger partial charge in [-0.1, -0.05) is 25.6 Å². The highest BCUT2D eigenvalue weighted by molar-refractivity contribution is 7.99. The molecular weight excluding hydrogens is 203 g/mol. The standard InChI is InChI=1S/C6H8F3N3S/c1-3(2)13-5-10-4(11-12-5)6(7,8)9/h3H,1-2H3,(H,10,11,12). The number of aromatic amines is 1. The molecule has 1 heterocycles. The first kappa shape index (κ1) is 10.4. The highest BCUT2D eigenvalue weighted by Crippen LogP contribution is 2.28. The van der Waals surface area contributed by atoms with Gasteiger partial charge in [-0.2, -0.15) is 18.2 Å². The van der Waals surface area contributed by atoms with Crippen LogP contribution in [0.3, 0.4) is 0 Å². The molecule has 1 aromatic heterocycles. The van der Waals surface area contributed by atoms with E-state index < -0.39 is 12.0 Å². The predicted octanol–water partition coefficient (Wildman–Crippen LogP) is 2.32. The smallest absolute Gasteiger partial charge is 0.254 e. The Morgan fingerprint density at radius 3 is 2.38 bits per heavy atom. The van der Waals surface area contributed by atoms with Gasteiger partial charge in [-0.05, 0) is 0 Å². The van der Waals surface area contributed by atoms with E-state index in [4.69, 9.17) is 0 Å². The van der Waals surface area contributed by atoms with E-state index in [1.165, 1.54) is 11.8 Å². The first-order valence-electron chi connectivity index (χ1n) is 3.56. The van der Waals surface area contributed by atoms with Gasteiger partial charge in [-0.25, -0.2) is 0 Å². The minimum atomic E-state index is -4.44.